The molecular formula is C59H108N2O21. The molecule has 23 heteroatoms. The molecule has 3 fully saturated rings. The zero-order chi connectivity index (χ0) is 60.5. The topological polar surface area (TPSA) is 373 Å². The molecule has 3 aliphatic rings. The van der Waals surface area contributed by atoms with Gasteiger partial charge in [0.15, 0.2) is 12.6 Å². The van der Waals surface area contributed by atoms with Crippen molar-refractivity contribution >= 4 is 17.8 Å². The summed E-state index contributed by atoms with van der Waals surface area (Å²) in [5.41, 5.74) is 0. The van der Waals surface area contributed by atoms with Gasteiger partial charge in [-0.1, -0.05) is 161 Å². The summed E-state index contributed by atoms with van der Waals surface area (Å²) in [4.78, 5) is 38.4. The Labute approximate surface area is 486 Å². The molecule has 23 nitrogen and oxygen atoms in total. The number of amides is 2. The highest BCUT2D eigenvalue weighted by atomic mass is 16.8. The lowest BCUT2D eigenvalue weighted by molar-refractivity contribution is -0.386. The van der Waals surface area contributed by atoms with Crippen LogP contribution >= 0.6 is 0 Å². The van der Waals surface area contributed by atoms with Gasteiger partial charge < -0.3 is 100 Å². The molecule has 82 heavy (non-hydrogen) atoms. The van der Waals surface area contributed by atoms with Crippen LogP contribution in [0.1, 0.15) is 207 Å². The van der Waals surface area contributed by atoms with Gasteiger partial charge in [-0.3, -0.25) is 9.59 Å². The van der Waals surface area contributed by atoms with E-state index in [0.29, 0.717) is 19.3 Å². The fraction of sp³-hybridized carbons (Fsp3) is 0.915. The number of rotatable bonds is 45. The smallest absolute Gasteiger partial charge is 0.364 e. The van der Waals surface area contributed by atoms with Gasteiger partial charge in [-0.05, 0) is 38.5 Å². The van der Waals surface area contributed by atoms with Crippen LogP contribution in [0.3, 0.4) is 0 Å². The first-order valence-electron chi connectivity index (χ1n) is 31.0. The highest BCUT2D eigenvalue weighted by molar-refractivity contribution is 5.77. The molecule has 0 bridgehead atoms. The fourth-order valence-corrected chi connectivity index (χ4v) is 10.9. The van der Waals surface area contributed by atoms with Crippen molar-refractivity contribution in [3.8, 4) is 0 Å². The zero-order valence-electron chi connectivity index (χ0n) is 49.3. The SMILES string of the molecule is CCCCCCCCC=CCCCCCCCC(=O)NC(COC1OC(CO)C(OC2OC(CO)C(O)C(OC3(C(=O)O)CC(O)C(NC(C)=O)C(C(O)C(O)CO)O3)C2O)C(O)C1O)C(O)CCCCCCCCCCCCCCC. The van der Waals surface area contributed by atoms with E-state index in [1.54, 1.807) is 0 Å². The number of hydrogen-bond donors (Lipinski definition) is 14. The lowest BCUT2D eigenvalue weighted by atomic mass is 9.88. The van der Waals surface area contributed by atoms with E-state index in [0.717, 1.165) is 71.1 Å². The van der Waals surface area contributed by atoms with Gasteiger partial charge in [0.25, 0.3) is 5.79 Å². The van der Waals surface area contributed by atoms with Crippen molar-refractivity contribution in [2.75, 3.05) is 26.4 Å². The van der Waals surface area contributed by atoms with Gasteiger partial charge in [0.2, 0.25) is 11.8 Å². The number of unbranched alkanes of at least 4 members (excludes halogenated alkanes) is 23. The van der Waals surface area contributed by atoms with Crippen LogP contribution in [-0.4, -0.2) is 215 Å². The first-order chi connectivity index (χ1) is 39.4. The highest BCUT2D eigenvalue weighted by Gasteiger charge is 2.60. The normalized spacial score (nSPS) is 30.2. The number of aliphatic carboxylic acids is 1. The highest BCUT2D eigenvalue weighted by Crippen LogP contribution is 2.38. The van der Waals surface area contributed by atoms with E-state index >= 15 is 0 Å². The van der Waals surface area contributed by atoms with Crippen LogP contribution in [0.4, 0.5) is 0 Å². The average molecular weight is 1180 g/mol. The Bertz CT molecular complexity index is 1740. The molecule has 2 amide bonds. The van der Waals surface area contributed by atoms with Crippen molar-refractivity contribution in [1.29, 1.82) is 0 Å². The van der Waals surface area contributed by atoms with Gasteiger partial charge in [0.05, 0.1) is 50.7 Å². The molecule has 0 spiro atoms. The van der Waals surface area contributed by atoms with E-state index in [2.05, 4.69) is 36.6 Å². The summed E-state index contributed by atoms with van der Waals surface area (Å²) in [6.45, 7) is 2.15. The minimum atomic E-state index is -3.08. The monoisotopic (exact) mass is 1180 g/mol. The van der Waals surface area contributed by atoms with Gasteiger partial charge in [-0.25, -0.2) is 4.79 Å². The van der Waals surface area contributed by atoms with Crippen molar-refractivity contribution in [2.45, 2.75) is 317 Å². The minimum absolute atomic E-state index is 0.214. The van der Waals surface area contributed by atoms with E-state index in [1.165, 1.54) is 89.9 Å². The minimum Gasteiger partial charge on any atom is -0.477 e. The molecule has 0 aromatic heterocycles. The third kappa shape index (κ3) is 25.4. The first-order valence-corrected chi connectivity index (χ1v) is 31.0. The van der Waals surface area contributed by atoms with Crippen molar-refractivity contribution in [3.63, 3.8) is 0 Å². The molecule has 3 rings (SSSR count). The van der Waals surface area contributed by atoms with Gasteiger partial charge in [-0.15, -0.1) is 0 Å². The van der Waals surface area contributed by atoms with E-state index in [4.69, 9.17) is 28.4 Å². The Balaban J connectivity index is 1.66. The van der Waals surface area contributed by atoms with Crippen molar-refractivity contribution in [3.05, 3.63) is 12.2 Å². The predicted octanol–water partition coefficient (Wildman–Crippen LogP) is 3.17. The Morgan fingerprint density at radius 2 is 1.13 bits per heavy atom. The molecule has 18 atom stereocenters. The molecule has 3 aliphatic heterocycles. The van der Waals surface area contributed by atoms with Gasteiger partial charge >= 0.3 is 5.97 Å². The molecule has 480 valence electrons. The summed E-state index contributed by atoms with van der Waals surface area (Å²) in [7, 11) is 0. The molecule has 3 saturated heterocycles. The van der Waals surface area contributed by atoms with Gasteiger partial charge in [0.1, 0.15) is 67.1 Å². The number of aliphatic hydroxyl groups is 11. The maximum Gasteiger partial charge on any atom is 0.364 e. The van der Waals surface area contributed by atoms with Crippen LogP contribution in [-0.2, 0) is 42.8 Å². The quantitative estimate of drug-likeness (QED) is 0.0307. The number of nitrogens with one attached hydrogen (secondary N) is 2. The number of carboxylic acids is 1. The van der Waals surface area contributed by atoms with Crippen LogP contribution < -0.4 is 10.6 Å². The number of ether oxygens (including phenoxy) is 6. The maximum absolute atomic E-state index is 13.4. The third-order valence-electron chi connectivity index (χ3n) is 16.0. The molecule has 3 heterocycles. The van der Waals surface area contributed by atoms with Crippen LogP contribution in [0, 0.1) is 0 Å². The van der Waals surface area contributed by atoms with Crippen LogP contribution in [0.2, 0.25) is 0 Å². The summed E-state index contributed by atoms with van der Waals surface area (Å²) in [6.07, 6.45) is 5.21. The van der Waals surface area contributed by atoms with E-state index in [9.17, 15) is 75.7 Å². The predicted molar refractivity (Wildman–Crippen MR) is 301 cm³/mol. The van der Waals surface area contributed by atoms with Crippen molar-refractivity contribution in [2.24, 2.45) is 0 Å². The second kappa shape index (κ2) is 41.5. The zero-order valence-corrected chi connectivity index (χ0v) is 49.3. The van der Waals surface area contributed by atoms with E-state index in [1.807, 2.05) is 0 Å². The Kier molecular flexibility index (Phi) is 37.4. The lowest BCUT2D eigenvalue weighted by Crippen LogP contribution is -2.70. The number of carbonyl (C=O) groups is 3. The fourth-order valence-electron chi connectivity index (χ4n) is 10.9. The van der Waals surface area contributed by atoms with Crippen molar-refractivity contribution in [1.82, 2.24) is 10.6 Å². The Morgan fingerprint density at radius 3 is 1.65 bits per heavy atom. The number of carbonyl (C=O) groups excluding carboxylic acids is 2. The maximum atomic E-state index is 13.4. The number of hydrogen-bond acceptors (Lipinski definition) is 20. The molecule has 18 unspecified atom stereocenters. The number of aliphatic hydroxyl groups excluding tert-OH is 11. The Hall–Kier alpha value is -2.53. The second-order valence-corrected chi connectivity index (χ2v) is 22.9. The summed E-state index contributed by atoms with van der Waals surface area (Å²) in [5.74, 6) is -6.11. The van der Waals surface area contributed by atoms with Crippen LogP contribution in [0.5, 0.6) is 0 Å². The van der Waals surface area contributed by atoms with Crippen molar-refractivity contribution < 1.29 is 104 Å². The summed E-state index contributed by atoms with van der Waals surface area (Å²) in [5, 5.41) is 136. The van der Waals surface area contributed by atoms with Crippen LogP contribution in [0.15, 0.2) is 12.2 Å². The summed E-state index contributed by atoms with van der Waals surface area (Å²) < 4.78 is 34.7. The number of carboxylic acid groups (broad SMARTS) is 1. The molecule has 0 aliphatic carbocycles. The van der Waals surface area contributed by atoms with E-state index < -0.39 is 148 Å². The third-order valence-corrected chi connectivity index (χ3v) is 16.0. The molecular weight excluding hydrogens is 1070 g/mol. The summed E-state index contributed by atoms with van der Waals surface area (Å²) >= 11 is 0. The largest absolute Gasteiger partial charge is 0.477 e. The van der Waals surface area contributed by atoms with E-state index in [-0.39, 0.29) is 18.9 Å². The lowest BCUT2D eigenvalue weighted by Gasteiger charge is -2.50. The molecule has 0 saturated carbocycles. The Morgan fingerprint density at radius 1 is 0.622 bits per heavy atom. The van der Waals surface area contributed by atoms with Crippen LogP contribution in [0.25, 0.3) is 0 Å². The standard InChI is InChI=1S/C59H108N2O21/c1-4-6-8-10-12-14-16-18-19-21-23-25-27-29-31-33-46(69)61-40(41(66)32-30-28-26-24-22-20-17-15-13-11-9-7-5-2)38-77-56-51(73)50(72)53(45(37-64)79-56)80-57-52(74)55(49(71)44(36-63)78-57)82-59(58(75)76)34-42(67)47(60-39(3)65)54(81-59)48(70)43(68)35-62/h18-19,40-45,47-57,62-64,66-68,70-74H,4-17,20-38H2,1-3H3,(H,60,65)(H,61,69)(H,75,76). The van der Waals surface area contributed by atoms with Gasteiger partial charge in [0, 0.05) is 19.8 Å². The molecule has 14 N–H and O–H groups in total. The molecule has 0 aromatic carbocycles. The molecule has 0 aromatic rings. The first kappa shape index (κ1) is 73.7. The second-order valence-electron chi connectivity index (χ2n) is 22.9. The molecule has 0 radical (unpaired) electrons. The average Bonchev–Trinajstić information content (AvgIpc) is 3.03. The number of allylic oxidation sites excluding steroid dienone is 2. The van der Waals surface area contributed by atoms with Gasteiger partial charge in [-0.2, -0.15) is 0 Å². The summed E-state index contributed by atoms with van der Waals surface area (Å²) in [6, 6.07) is -2.53.